The van der Waals surface area contributed by atoms with E-state index in [0.717, 1.165) is 21.8 Å². The van der Waals surface area contributed by atoms with Gasteiger partial charge in [-0.05, 0) is 39.0 Å². The van der Waals surface area contributed by atoms with E-state index in [9.17, 15) is 13.2 Å². The number of aromatic nitrogens is 1. The van der Waals surface area contributed by atoms with E-state index in [-0.39, 0.29) is 5.78 Å². The molecule has 0 radical (unpaired) electrons. The van der Waals surface area contributed by atoms with Gasteiger partial charge in [0.05, 0.1) is 6.54 Å². The number of ketones is 1. The predicted molar refractivity (Wildman–Crippen MR) is 103 cm³/mol. The smallest absolute Gasteiger partial charge is 0.252 e. The molecule has 0 N–H and O–H groups in total. The van der Waals surface area contributed by atoms with Crippen LogP contribution < -0.4 is 0 Å². The van der Waals surface area contributed by atoms with Crippen LogP contribution in [0.4, 0.5) is 0 Å². The first-order chi connectivity index (χ1) is 12.2. The predicted octanol–water partition coefficient (Wildman–Crippen LogP) is 2.20. The molecule has 0 amide bonds. The molecule has 0 unspecified atom stereocenters. The summed E-state index contributed by atoms with van der Waals surface area (Å²) in [5, 5.41) is 0. The number of carbonyl (C=O) groups excluding carboxylic acids is 1. The monoisotopic (exact) mass is 395 g/mol. The van der Waals surface area contributed by atoms with Crippen LogP contribution in [0.2, 0.25) is 0 Å². The van der Waals surface area contributed by atoms with E-state index < -0.39 is 10.0 Å². The van der Waals surface area contributed by atoms with E-state index in [2.05, 4.69) is 0 Å². The Morgan fingerprint density at radius 1 is 1.12 bits per heavy atom. The van der Waals surface area contributed by atoms with E-state index in [4.69, 9.17) is 0 Å². The van der Waals surface area contributed by atoms with Crippen LogP contribution in [0.5, 0.6) is 0 Å². The highest BCUT2D eigenvalue weighted by Crippen LogP contribution is 2.25. The number of rotatable bonds is 5. The van der Waals surface area contributed by atoms with Crippen LogP contribution in [0.3, 0.4) is 0 Å². The molecule has 6 nitrogen and oxygen atoms in total. The third-order valence-corrected chi connectivity index (χ3v) is 8.45. The van der Waals surface area contributed by atoms with Gasteiger partial charge >= 0.3 is 0 Å². The summed E-state index contributed by atoms with van der Waals surface area (Å²) in [5.74, 6) is 0.0939. The third kappa shape index (κ3) is 3.64. The molecule has 1 fully saturated rings. The number of carbonyl (C=O) groups is 1. The summed E-state index contributed by atoms with van der Waals surface area (Å²) in [6.07, 6.45) is 0. The van der Waals surface area contributed by atoms with Gasteiger partial charge in [-0.15, -0.1) is 11.3 Å². The molecule has 1 saturated heterocycles. The number of hydrogen-bond donors (Lipinski definition) is 0. The van der Waals surface area contributed by atoms with E-state index in [1.165, 1.54) is 15.6 Å². The van der Waals surface area contributed by atoms with Crippen molar-refractivity contribution in [2.75, 3.05) is 32.7 Å². The summed E-state index contributed by atoms with van der Waals surface area (Å²) in [7, 11) is -1.46. The highest BCUT2D eigenvalue weighted by molar-refractivity contribution is 7.91. The van der Waals surface area contributed by atoms with Crippen molar-refractivity contribution in [3.8, 4) is 0 Å². The number of nitrogens with zero attached hydrogens (tertiary/aromatic N) is 3. The van der Waals surface area contributed by atoms with E-state index in [1.807, 2.05) is 49.4 Å². The van der Waals surface area contributed by atoms with E-state index in [0.29, 0.717) is 36.9 Å². The summed E-state index contributed by atoms with van der Waals surface area (Å²) in [6.45, 7) is 8.14. The van der Waals surface area contributed by atoms with Gasteiger partial charge in [-0.3, -0.25) is 9.69 Å². The van der Waals surface area contributed by atoms with Crippen LogP contribution in [0.25, 0.3) is 0 Å². The standard InChI is InChI=1S/C18H25N3O3S2/c1-13-11-16(15(3)19(13)4)17(22)12-20-7-9-21(10-8-20)26(23,24)18-6-5-14(2)25-18/h5-6,11H,7-10,12H2,1-4H3. The molecule has 0 aliphatic carbocycles. The van der Waals surface area contributed by atoms with Crippen LogP contribution in [0.15, 0.2) is 22.4 Å². The van der Waals surface area contributed by atoms with Crippen molar-refractivity contribution < 1.29 is 13.2 Å². The molecular formula is C18H25N3O3S2. The normalized spacial score (nSPS) is 16.9. The molecule has 3 rings (SSSR count). The van der Waals surface area contributed by atoms with Crippen molar-refractivity contribution in [2.45, 2.75) is 25.0 Å². The van der Waals surface area contributed by atoms with Gasteiger partial charge in [-0.1, -0.05) is 0 Å². The Bertz CT molecular complexity index is 920. The Morgan fingerprint density at radius 3 is 2.27 bits per heavy atom. The van der Waals surface area contributed by atoms with Crippen molar-refractivity contribution in [1.29, 1.82) is 0 Å². The van der Waals surface area contributed by atoms with Crippen LogP contribution >= 0.6 is 11.3 Å². The molecular weight excluding hydrogens is 370 g/mol. The molecule has 142 valence electrons. The summed E-state index contributed by atoms with van der Waals surface area (Å²) in [5.41, 5.74) is 2.80. The SMILES string of the molecule is Cc1ccc(S(=O)(=O)N2CCN(CC(=O)c3cc(C)n(C)c3C)CC2)s1. The van der Waals surface area contributed by atoms with Gasteiger partial charge in [0.25, 0.3) is 10.0 Å². The second-order valence-corrected chi connectivity index (χ2v) is 10.3. The summed E-state index contributed by atoms with van der Waals surface area (Å²) in [6, 6.07) is 5.43. The minimum absolute atomic E-state index is 0.0939. The average Bonchev–Trinajstić information content (AvgIpc) is 3.15. The molecule has 2 aromatic rings. The van der Waals surface area contributed by atoms with Crippen LogP contribution in [0.1, 0.15) is 26.6 Å². The van der Waals surface area contributed by atoms with Gasteiger partial charge in [0.15, 0.2) is 5.78 Å². The van der Waals surface area contributed by atoms with Crippen LogP contribution in [0, 0.1) is 20.8 Å². The van der Waals surface area contributed by atoms with Crippen molar-refractivity contribution in [3.63, 3.8) is 0 Å². The number of piperazine rings is 1. The summed E-state index contributed by atoms with van der Waals surface area (Å²) in [4.78, 5) is 15.6. The Morgan fingerprint density at radius 2 is 1.77 bits per heavy atom. The van der Waals surface area contributed by atoms with E-state index in [1.54, 1.807) is 6.07 Å². The molecule has 1 aliphatic heterocycles. The molecule has 0 atom stereocenters. The van der Waals surface area contributed by atoms with Gasteiger partial charge in [0.2, 0.25) is 0 Å². The number of hydrogen-bond acceptors (Lipinski definition) is 5. The molecule has 8 heteroatoms. The molecule has 2 aromatic heterocycles. The first-order valence-electron chi connectivity index (χ1n) is 8.65. The third-order valence-electron chi connectivity index (χ3n) is 5.08. The van der Waals surface area contributed by atoms with Crippen molar-refractivity contribution in [1.82, 2.24) is 13.8 Å². The van der Waals surface area contributed by atoms with Gasteiger partial charge in [-0.2, -0.15) is 4.31 Å². The Hall–Kier alpha value is -1.48. The molecule has 1 aliphatic rings. The zero-order chi connectivity index (χ0) is 19.1. The molecule has 0 aromatic carbocycles. The maximum absolute atomic E-state index is 12.7. The number of Topliss-reactive ketones (excluding diaryl/α,β-unsaturated/α-hetero) is 1. The number of aryl methyl sites for hydroxylation is 2. The lowest BCUT2D eigenvalue weighted by atomic mass is 10.1. The second-order valence-electron chi connectivity index (χ2n) is 6.81. The summed E-state index contributed by atoms with van der Waals surface area (Å²) >= 11 is 1.30. The van der Waals surface area contributed by atoms with Crippen molar-refractivity contribution in [2.24, 2.45) is 7.05 Å². The van der Waals surface area contributed by atoms with E-state index >= 15 is 0 Å². The Balaban J connectivity index is 1.62. The topological polar surface area (TPSA) is 62.6 Å². The lowest BCUT2D eigenvalue weighted by molar-refractivity contribution is 0.0901. The minimum Gasteiger partial charge on any atom is -0.351 e. The maximum Gasteiger partial charge on any atom is 0.252 e. The first-order valence-corrected chi connectivity index (χ1v) is 10.9. The largest absolute Gasteiger partial charge is 0.351 e. The van der Waals surface area contributed by atoms with Gasteiger partial charge in [0.1, 0.15) is 4.21 Å². The minimum atomic E-state index is -3.42. The van der Waals surface area contributed by atoms with Gasteiger partial charge in [0, 0.05) is 55.1 Å². The molecule has 0 bridgehead atoms. The maximum atomic E-state index is 12.7. The number of sulfonamides is 1. The highest BCUT2D eigenvalue weighted by atomic mass is 32.2. The fourth-order valence-electron chi connectivity index (χ4n) is 3.23. The average molecular weight is 396 g/mol. The second kappa shape index (κ2) is 7.26. The first kappa shape index (κ1) is 19.3. The molecule has 3 heterocycles. The van der Waals surface area contributed by atoms with Gasteiger partial charge in [-0.25, -0.2) is 8.42 Å². The van der Waals surface area contributed by atoms with Crippen molar-refractivity contribution in [3.05, 3.63) is 40.0 Å². The lowest BCUT2D eigenvalue weighted by Crippen LogP contribution is -2.49. The van der Waals surface area contributed by atoms with Crippen molar-refractivity contribution >= 4 is 27.1 Å². The van der Waals surface area contributed by atoms with Gasteiger partial charge < -0.3 is 4.57 Å². The fourth-order valence-corrected chi connectivity index (χ4v) is 6.09. The number of thiophene rings is 1. The lowest BCUT2D eigenvalue weighted by Gasteiger charge is -2.33. The molecule has 26 heavy (non-hydrogen) atoms. The molecule has 0 saturated carbocycles. The zero-order valence-corrected chi connectivity index (χ0v) is 17.3. The Kier molecular flexibility index (Phi) is 5.39. The zero-order valence-electron chi connectivity index (χ0n) is 15.7. The molecule has 0 spiro atoms. The fraction of sp³-hybridized carbons (Fsp3) is 0.500. The van der Waals surface area contributed by atoms with Crippen LogP contribution in [-0.2, 0) is 17.1 Å². The highest BCUT2D eigenvalue weighted by Gasteiger charge is 2.30. The van der Waals surface area contributed by atoms with Crippen LogP contribution in [-0.4, -0.2) is 60.7 Å². The Labute approximate surface area is 159 Å². The summed E-state index contributed by atoms with van der Waals surface area (Å²) < 4.78 is 29.3. The quantitative estimate of drug-likeness (QED) is 0.728.